The van der Waals surface area contributed by atoms with Crippen molar-refractivity contribution in [3.05, 3.63) is 34.1 Å². The molecule has 64 valence electrons. The highest BCUT2D eigenvalue weighted by Crippen LogP contribution is 2.16. The fourth-order valence-corrected chi connectivity index (χ4v) is 1.30. The molecule has 0 aromatic heterocycles. The maximum atomic E-state index is 13.1. The molecule has 0 unspecified atom stereocenters. The van der Waals surface area contributed by atoms with Gasteiger partial charge in [0, 0.05) is 10.0 Å². The Bertz CT molecular complexity index is 325. The highest BCUT2D eigenvalue weighted by molar-refractivity contribution is 9.10. The van der Waals surface area contributed by atoms with E-state index in [1.807, 2.05) is 0 Å². The number of nitrogens with zero attached hydrogens (tertiary/aromatic N) is 1. The van der Waals surface area contributed by atoms with Crippen LogP contribution in [0, 0.1) is 5.82 Å². The summed E-state index contributed by atoms with van der Waals surface area (Å²) in [6.07, 6.45) is 0. The molecule has 0 saturated carbocycles. The molecular formula is C8H7BrFNS. The molecule has 0 aliphatic rings. The molecule has 0 fully saturated rings. The zero-order chi connectivity index (χ0) is 9.14. The number of benzene rings is 1. The molecule has 1 nitrogen and oxygen atoms in total. The molecule has 0 heterocycles. The normalized spacial score (nSPS) is 11.8. The van der Waals surface area contributed by atoms with Crippen molar-refractivity contribution in [2.24, 2.45) is 4.40 Å². The van der Waals surface area contributed by atoms with E-state index in [1.54, 1.807) is 19.1 Å². The lowest BCUT2D eigenvalue weighted by atomic mass is 10.1. The summed E-state index contributed by atoms with van der Waals surface area (Å²) in [5, 5.41) is 0. The van der Waals surface area contributed by atoms with Crippen LogP contribution in [0.4, 0.5) is 4.39 Å². The largest absolute Gasteiger partial charge is 0.224 e. The number of hydrogen-bond acceptors (Lipinski definition) is 2. The molecule has 0 aliphatic heterocycles. The highest BCUT2D eigenvalue weighted by Gasteiger charge is 2.04. The summed E-state index contributed by atoms with van der Waals surface area (Å²) in [7, 11) is 0. The van der Waals surface area contributed by atoms with Gasteiger partial charge in [-0.2, -0.15) is 0 Å². The van der Waals surface area contributed by atoms with Gasteiger partial charge in [-0.15, -0.1) is 0 Å². The summed E-state index contributed by atoms with van der Waals surface area (Å²) in [4.78, 5) is 0. The van der Waals surface area contributed by atoms with Crippen molar-refractivity contribution in [3.8, 4) is 0 Å². The molecule has 0 saturated heterocycles. The molecule has 4 heteroatoms. The Kier molecular flexibility index (Phi) is 3.29. The second-order valence-corrected chi connectivity index (χ2v) is 3.43. The van der Waals surface area contributed by atoms with Gasteiger partial charge in [-0.25, -0.2) is 8.79 Å². The quantitative estimate of drug-likeness (QED) is 0.578. The van der Waals surface area contributed by atoms with Gasteiger partial charge in [0.1, 0.15) is 5.82 Å². The first-order valence-electron chi connectivity index (χ1n) is 3.29. The van der Waals surface area contributed by atoms with Crippen LogP contribution in [-0.2, 0) is 0 Å². The predicted molar refractivity (Wildman–Crippen MR) is 55.3 cm³/mol. The highest BCUT2D eigenvalue weighted by atomic mass is 79.9. The fourth-order valence-electron chi connectivity index (χ4n) is 0.829. The molecule has 0 bridgehead atoms. The van der Waals surface area contributed by atoms with E-state index in [1.165, 1.54) is 6.07 Å². The maximum Gasteiger partial charge on any atom is 0.132 e. The van der Waals surface area contributed by atoms with Crippen LogP contribution in [0.5, 0.6) is 0 Å². The topological polar surface area (TPSA) is 12.4 Å². The Morgan fingerprint density at radius 3 is 2.83 bits per heavy atom. The Labute approximate surface area is 84.4 Å². The Balaban J connectivity index is 3.23. The molecule has 0 amide bonds. The van der Waals surface area contributed by atoms with Gasteiger partial charge in [-0.3, -0.25) is 0 Å². The molecule has 0 atom stereocenters. The van der Waals surface area contributed by atoms with E-state index in [0.717, 1.165) is 4.47 Å². The smallest absolute Gasteiger partial charge is 0.132 e. The maximum absolute atomic E-state index is 13.1. The zero-order valence-electron chi connectivity index (χ0n) is 6.38. The van der Waals surface area contributed by atoms with Crippen molar-refractivity contribution in [2.75, 3.05) is 0 Å². The van der Waals surface area contributed by atoms with Crippen LogP contribution in [0.15, 0.2) is 27.1 Å². The predicted octanol–water partition coefficient (Wildman–Crippen LogP) is 3.24. The molecule has 1 aromatic carbocycles. The second kappa shape index (κ2) is 4.05. The third-order valence-electron chi connectivity index (χ3n) is 1.47. The van der Waals surface area contributed by atoms with Crippen LogP contribution >= 0.6 is 28.7 Å². The van der Waals surface area contributed by atoms with Crippen molar-refractivity contribution in [1.29, 1.82) is 0 Å². The molecule has 0 spiro atoms. The summed E-state index contributed by atoms with van der Waals surface area (Å²) in [5.41, 5.74) is 1.04. The molecule has 0 radical (unpaired) electrons. The summed E-state index contributed by atoms with van der Waals surface area (Å²) in [6, 6.07) is 4.71. The van der Waals surface area contributed by atoms with Crippen molar-refractivity contribution >= 4 is 34.5 Å². The van der Waals surface area contributed by atoms with Crippen LogP contribution < -0.4 is 0 Å². The molecule has 0 N–H and O–H groups in total. The lowest BCUT2D eigenvalue weighted by Gasteiger charge is -2.01. The van der Waals surface area contributed by atoms with Crippen LogP contribution in [0.2, 0.25) is 0 Å². The van der Waals surface area contributed by atoms with Gasteiger partial charge in [-0.05, 0) is 37.9 Å². The lowest BCUT2D eigenvalue weighted by Crippen LogP contribution is -1.97. The molecule has 1 aromatic rings. The number of halogens is 2. The minimum absolute atomic E-state index is 0.284. The standard InChI is InChI=1S/C8H7BrFNS/c1-5(11-12)7-4-6(9)2-3-8(7)10/h2-4,12H,1H3. The monoisotopic (exact) mass is 247 g/mol. The number of hydrogen-bond donors (Lipinski definition) is 1. The molecule has 1 rings (SSSR count). The van der Waals surface area contributed by atoms with Gasteiger partial charge in [0.25, 0.3) is 0 Å². The summed E-state index contributed by atoms with van der Waals surface area (Å²) in [5.74, 6) is -0.284. The van der Waals surface area contributed by atoms with Crippen molar-refractivity contribution in [2.45, 2.75) is 6.92 Å². The van der Waals surface area contributed by atoms with Crippen LogP contribution in [0.25, 0.3) is 0 Å². The molecular weight excluding hydrogens is 241 g/mol. The average Bonchev–Trinajstić information content (AvgIpc) is 2.08. The second-order valence-electron chi connectivity index (χ2n) is 2.31. The zero-order valence-corrected chi connectivity index (χ0v) is 8.86. The first kappa shape index (κ1) is 9.74. The Morgan fingerprint density at radius 1 is 1.58 bits per heavy atom. The van der Waals surface area contributed by atoms with Gasteiger partial charge in [-0.1, -0.05) is 15.9 Å². The van der Waals surface area contributed by atoms with Gasteiger partial charge >= 0.3 is 0 Å². The minimum atomic E-state index is -0.284. The van der Waals surface area contributed by atoms with E-state index in [4.69, 9.17) is 0 Å². The van der Waals surface area contributed by atoms with Crippen molar-refractivity contribution in [1.82, 2.24) is 0 Å². The summed E-state index contributed by atoms with van der Waals surface area (Å²) < 4.78 is 17.5. The van der Waals surface area contributed by atoms with Crippen LogP contribution in [0.3, 0.4) is 0 Å². The van der Waals surface area contributed by atoms with E-state index in [2.05, 4.69) is 33.1 Å². The number of thiol groups is 1. The third-order valence-corrected chi connectivity index (χ3v) is 2.26. The van der Waals surface area contributed by atoms with Crippen molar-refractivity contribution < 1.29 is 4.39 Å². The number of rotatable bonds is 1. The van der Waals surface area contributed by atoms with E-state index < -0.39 is 0 Å². The summed E-state index contributed by atoms with van der Waals surface area (Å²) in [6.45, 7) is 1.71. The average molecular weight is 248 g/mol. The molecule has 12 heavy (non-hydrogen) atoms. The first-order chi connectivity index (χ1) is 5.65. The first-order valence-corrected chi connectivity index (χ1v) is 4.48. The van der Waals surface area contributed by atoms with Gasteiger partial charge in [0.05, 0.1) is 5.71 Å². The SMILES string of the molecule is CC(=NS)c1cc(Br)ccc1F. The van der Waals surface area contributed by atoms with Crippen LogP contribution in [0.1, 0.15) is 12.5 Å². The summed E-state index contributed by atoms with van der Waals surface area (Å²) >= 11 is 6.96. The Hall–Kier alpha value is -0.350. The third kappa shape index (κ3) is 2.08. The van der Waals surface area contributed by atoms with E-state index >= 15 is 0 Å². The van der Waals surface area contributed by atoms with E-state index in [0.29, 0.717) is 11.3 Å². The Morgan fingerprint density at radius 2 is 2.25 bits per heavy atom. The van der Waals surface area contributed by atoms with E-state index in [9.17, 15) is 4.39 Å². The minimum Gasteiger partial charge on any atom is -0.224 e. The van der Waals surface area contributed by atoms with Crippen LogP contribution in [-0.4, -0.2) is 5.71 Å². The van der Waals surface area contributed by atoms with E-state index in [-0.39, 0.29) is 5.82 Å². The molecule has 0 aliphatic carbocycles. The lowest BCUT2D eigenvalue weighted by molar-refractivity contribution is 0.625. The van der Waals surface area contributed by atoms with Gasteiger partial charge < -0.3 is 0 Å². The van der Waals surface area contributed by atoms with Crippen molar-refractivity contribution in [3.63, 3.8) is 0 Å². The van der Waals surface area contributed by atoms with Gasteiger partial charge in [0.2, 0.25) is 0 Å². The van der Waals surface area contributed by atoms with Gasteiger partial charge in [0.15, 0.2) is 0 Å². The fraction of sp³-hybridized carbons (Fsp3) is 0.125.